The Kier molecular flexibility index (Phi) is 5.12. The van der Waals surface area contributed by atoms with E-state index < -0.39 is 0 Å². The highest BCUT2D eigenvalue weighted by atomic mass is 32.1. The second-order valence-corrected chi connectivity index (χ2v) is 6.52. The molecular formula is C22H18N4OS. The number of aromatic amines is 1. The zero-order chi connectivity index (χ0) is 19.3. The van der Waals surface area contributed by atoms with Gasteiger partial charge in [-0.3, -0.25) is 0 Å². The van der Waals surface area contributed by atoms with Gasteiger partial charge in [-0.1, -0.05) is 66.7 Å². The lowest BCUT2D eigenvalue weighted by atomic mass is 10.0. The van der Waals surface area contributed by atoms with Crippen LogP contribution in [0.15, 0.2) is 84.0 Å². The predicted molar refractivity (Wildman–Crippen MR) is 114 cm³/mol. The van der Waals surface area contributed by atoms with Crippen molar-refractivity contribution in [3.8, 4) is 28.3 Å². The standard InChI is InChI=1S/C22H18N4OS/c1-27-20-9-5-8-19(14-20)21-24-25-22(28)26(21)23-15-16-10-12-18(13-11-16)17-6-3-2-4-7-17/h2-15H,1H3,(H,25,28)/b23-15-. The summed E-state index contributed by atoms with van der Waals surface area (Å²) in [6, 6.07) is 26.1. The third-order valence-corrected chi connectivity index (χ3v) is 4.58. The Morgan fingerprint density at radius 2 is 1.64 bits per heavy atom. The number of hydrogen-bond donors (Lipinski definition) is 1. The van der Waals surface area contributed by atoms with E-state index in [0.717, 1.165) is 22.4 Å². The van der Waals surface area contributed by atoms with Crippen LogP contribution < -0.4 is 4.74 Å². The van der Waals surface area contributed by atoms with E-state index in [-0.39, 0.29) is 0 Å². The average molecular weight is 386 g/mol. The van der Waals surface area contributed by atoms with E-state index >= 15 is 0 Å². The number of ether oxygens (including phenoxy) is 1. The van der Waals surface area contributed by atoms with Crippen LogP contribution in [-0.4, -0.2) is 28.2 Å². The molecule has 1 aromatic heterocycles. The molecule has 4 rings (SSSR count). The van der Waals surface area contributed by atoms with Gasteiger partial charge >= 0.3 is 0 Å². The third-order valence-electron chi connectivity index (χ3n) is 4.32. The fraction of sp³-hybridized carbons (Fsp3) is 0.0455. The van der Waals surface area contributed by atoms with Crippen LogP contribution in [0.1, 0.15) is 5.56 Å². The van der Waals surface area contributed by atoms with Crippen molar-refractivity contribution in [1.82, 2.24) is 14.9 Å². The number of benzene rings is 3. The molecule has 1 N–H and O–H groups in total. The highest BCUT2D eigenvalue weighted by Gasteiger charge is 2.09. The second kappa shape index (κ2) is 8.02. The zero-order valence-corrected chi connectivity index (χ0v) is 16.1. The molecule has 0 bridgehead atoms. The number of rotatable bonds is 5. The maximum absolute atomic E-state index is 5.33. The van der Waals surface area contributed by atoms with Gasteiger partial charge in [-0.05, 0) is 41.0 Å². The number of nitrogens with zero attached hydrogens (tertiary/aromatic N) is 3. The van der Waals surface area contributed by atoms with Gasteiger partial charge in [-0.25, -0.2) is 5.10 Å². The van der Waals surface area contributed by atoms with Gasteiger partial charge in [-0.2, -0.15) is 14.9 Å². The summed E-state index contributed by atoms with van der Waals surface area (Å²) in [5.41, 5.74) is 4.18. The van der Waals surface area contributed by atoms with Gasteiger partial charge in [0.25, 0.3) is 0 Å². The minimum Gasteiger partial charge on any atom is -0.497 e. The number of hydrogen-bond acceptors (Lipinski definition) is 4. The third kappa shape index (κ3) is 3.77. The highest BCUT2D eigenvalue weighted by molar-refractivity contribution is 7.71. The van der Waals surface area contributed by atoms with Gasteiger partial charge in [0.1, 0.15) is 5.75 Å². The lowest BCUT2D eigenvalue weighted by Crippen LogP contribution is -1.95. The van der Waals surface area contributed by atoms with Crippen molar-refractivity contribution in [2.45, 2.75) is 0 Å². The molecule has 0 aliphatic rings. The van der Waals surface area contributed by atoms with Crippen LogP contribution in [0.25, 0.3) is 22.5 Å². The second-order valence-electron chi connectivity index (χ2n) is 6.13. The van der Waals surface area contributed by atoms with E-state index in [4.69, 9.17) is 17.0 Å². The summed E-state index contributed by atoms with van der Waals surface area (Å²) in [5, 5.41) is 11.6. The van der Waals surface area contributed by atoms with E-state index in [1.54, 1.807) is 18.0 Å². The molecule has 28 heavy (non-hydrogen) atoms. The topological polar surface area (TPSA) is 55.2 Å². The van der Waals surface area contributed by atoms with E-state index in [1.165, 1.54) is 5.56 Å². The molecule has 4 aromatic rings. The van der Waals surface area contributed by atoms with E-state index in [9.17, 15) is 0 Å². The average Bonchev–Trinajstić information content (AvgIpc) is 3.13. The van der Waals surface area contributed by atoms with Crippen molar-refractivity contribution >= 4 is 18.4 Å². The number of nitrogens with one attached hydrogen (secondary N) is 1. The molecule has 0 saturated heterocycles. The summed E-state index contributed by atoms with van der Waals surface area (Å²) < 4.78 is 7.32. The molecule has 138 valence electrons. The fourth-order valence-electron chi connectivity index (χ4n) is 2.86. The van der Waals surface area contributed by atoms with Gasteiger partial charge in [0.2, 0.25) is 4.77 Å². The van der Waals surface area contributed by atoms with Crippen molar-refractivity contribution in [3.05, 3.63) is 89.2 Å². The van der Waals surface area contributed by atoms with Gasteiger partial charge < -0.3 is 4.74 Å². The van der Waals surface area contributed by atoms with E-state index in [1.807, 2.05) is 54.6 Å². The quantitative estimate of drug-likeness (QED) is 0.380. The Morgan fingerprint density at radius 3 is 2.39 bits per heavy atom. The first-order valence-electron chi connectivity index (χ1n) is 8.76. The van der Waals surface area contributed by atoms with E-state index in [0.29, 0.717) is 10.6 Å². The molecule has 0 aliphatic heterocycles. The predicted octanol–water partition coefficient (Wildman–Crippen LogP) is 5.17. The summed E-state index contributed by atoms with van der Waals surface area (Å²) >= 11 is 5.33. The Bertz CT molecular complexity index is 1160. The molecule has 0 amide bonds. The van der Waals surface area contributed by atoms with Crippen LogP contribution in [-0.2, 0) is 0 Å². The van der Waals surface area contributed by atoms with Gasteiger partial charge in [0, 0.05) is 5.56 Å². The summed E-state index contributed by atoms with van der Waals surface area (Å²) in [4.78, 5) is 0. The largest absolute Gasteiger partial charge is 0.497 e. The first kappa shape index (κ1) is 17.9. The summed E-state index contributed by atoms with van der Waals surface area (Å²) in [6.45, 7) is 0. The SMILES string of the molecule is COc1cccc(-c2n[nH]c(=S)n2/N=C\c2ccc(-c3ccccc3)cc2)c1. The van der Waals surface area contributed by atoms with Crippen molar-refractivity contribution < 1.29 is 4.74 Å². The fourth-order valence-corrected chi connectivity index (χ4v) is 3.04. The molecule has 0 fully saturated rings. The summed E-state index contributed by atoms with van der Waals surface area (Å²) in [5.74, 6) is 1.37. The number of methoxy groups -OCH3 is 1. The maximum Gasteiger partial charge on any atom is 0.216 e. The monoisotopic (exact) mass is 386 g/mol. The van der Waals surface area contributed by atoms with Gasteiger partial charge in [-0.15, -0.1) is 0 Å². The number of H-pyrrole nitrogens is 1. The Labute approximate surface area is 167 Å². The maximum atomic E-state index is 5.33. The highest BCUT2D eigenvalue weighted by Crippen LogP contribution is 2.22. The first-order valence-corrected chi connectivity index (χ1v) is 9.17. The van der Waals surface area contributed by atoms with E-state index in [2.05, 4.69) is 39.6 Å². The van der Waals surface area contributed by atoms with Gasteiger partial charge in [0.05, 0.1) is 13.3 Å². The zero-order valence-electron chi connectivity index (χ0n) is 15.2. The summed E-state index contributed by atoms with van der Waals surface area (Å²) in [7, 11) is 1.63. The minimum absolute atomic E-state index is 0.426. The molecule has 0 spiro atoms. The molecule has 0 unspecified atom stereocenters. The van der Waals surface area contributed by atoms with Crippen LogP contribution in [0.2, 0.25) is 0 Å². The Hall–Kier alpha value is -3.51. The minimum atomic E-state index is 0.426. The van der Waals surface area contributed by atoms with Crippen LogP contribution in [0.4, 0.5) is 0 Å². The molecule has 3 aromatic carbocycles. The first-order chi connectivity index (χ1) is 13.7. The van der Waals surface area contributed by atoms with Gasteiger partial charge in [0.15, 0.2) is 5.82 Å². The molecule has 5 nitrogen and oxygen atoms in total. The van der Waals surface area contributed by atoms with Crippen molar-refractivity contribution in [2.75, 3.05) is 7.11 Å². The molecule has 1 heterocycles. The van der Waals surface area contributed by atoms with Crippen LogP contribution in [0.5, 0.6) is 5.75 Å². The van der Waals surface area contributed by atoms with Crippen LogP contribution in [0, 0.1) is 4.77 Å². The Morgan fingerprint density at radius 1 is 0.929 bits per heavy atom. The molecule has 0 saturated carbocycles. The Balaban J connectivity index is 1.62. The van der Waals surface area contributed by atoms with Crippen LogP contribution >= 0.6 is 12.2 Å². The molecule has 6 heteroatoms. The smallest absolute Gasteiger partial charge is 0.216 e. The molecular weight excluding hydrogens is 368 g/mol. The van der Waals surface area contributed by atoms with Crippen molar-refractivity contribution in [2.24, 2.45) is 5.10 Å². The molecule has 0 radical (unpaired) electrons. The summed E-state index contributed by atoms with van der Waals surface area (Å²) in [6.07, 6.45) is 1.77. The van der Waals surface area contributed by atoms with Crippen LogP contribution in [0.3, 0.4) is 0 Å². The molecule has 0 atom stereocenters. The lowest BCUT2D eigenvalue weighted by molar-refractivity contribution is 0.415. The van der Waals surface area contributed by atoms with Crippen molar-refractivity contribution in [1.29, 1.82) is 0 Å². The molecule has 0 aliphatic carbocycles. The lowest BCUT2D eigenvalue weighted by Gasteiger charge is -2.04. The van der Waals surface area contributed by atoms with Crippen molar-refractivity contribution in [3.63, 3.8) is 0 Å². The number of aromatic nitrogens is 3. The normalized spacial score (nSPS) is 11.0.